The van der Waals surface area contributed by atoms with Crippen molar-refractivity contribution in [3.05, 3.63) is 42.0 Å². The first-order chi connectivity index (χ1) is 5.91. The fourth-order valence-corrected chi connectivity index (χ4v) is 1.27. The van der Waals surface area contributed by atoms with Gasteiger partial charge in [-0.05, 0) is 38.0 Å². The molecule has 1 aromatic carbocycles. The van der Waals surface area contributed by atoms with Crippen LogP contribution in [0.4, 0.5) is 0 Å². The van der Waals surface area contributed by atoms with Gasteiger partial charge < -0.3 is 0 Å². The molecule has 70 valence electrons. The van der Waals surface area contributed by atoms with Crippen LogP contribution in [-0.4, -0.2) is 0 Å². The van der Waals surface area contributed by atoms with Crippen molar-refractivity contribution < 1.29 is 0 Å². The number of hydrogen-bond acceptors (Lipinski definition) is 0. The van der Waals surface area contributed by atoms with Crippen LogP contribution < -0.4 is 0 Å². The summed E-state index contributed by atoms with van der Waals surface area (Å²) in [6.07, 6.45) is 0. The molecule has 0 N–H and O–H groups in total. The van der Waals surface area contributed by atoms with E-state index in [2.05, 4.69) is 18.7 Å². The van der Waals surface area contributed by atoms with Crippen molar-refractivity contribution in [1.82, 2.24) is 0 Å². The predicted octanol–water partition coefficient (Wildman–Crippen LogP) is 4.19. The van der Waals surface area contributed by atoms with Crippen LogP contribution in [0.5, 0.6) is 0 Å². The number of rotatable bonds is 2. The van der Waals surface area contributed by atoms with Gasteiger partial charge in [-0.1, -0.05) is 30.4 Å². The zero-order chi connectivity index (χ0) is 10.1. The lowest BCUT2D eigenvalue weighted by Gasteiger charge is -2.17. The molecule has 0 spiro atoms. The Morgan fingerprint density at radius 3 is 2.46 bits per heavy atom. The summed E-state index contributed by atoms with van der Waals surface area (Å²) in [6.45, 7) is 9.89. The third-order valence-electron chi connectivity index (χ3n) is 2.04. The third-order valence-corrected chi connectivity index (χ3v) is 2.26. The Hall–Kier alpha value is -0.750. The van der Waals surface area contributed by atoms with E-state index in [1.165, 1.54) is 0 Å². The van der Waals surface area contributed by atoms with Crippen molar-refractivity contribution in [2.45, 2.75) is 25.6 Å². The maximum absolute atomic E-state index is 6.21. The molecule has 1 rings (SSSR count). The smallest absolute Gasteiger partial charge is 0.0639 e. The summed E-state index contributed by atoms with van der Waals surface area (Å²) in [5.41, 5.74) is 3.36. The van der Waals surface area contributed by atoms with Crippen molar-refractivity contribution in [1.29, 1.82) is 0 Å². The zero-order valence-electron chi connectivity index (χ0n) is 8.39. The Balaban J connectivity index is 3.13. The van der Waals surface area contributed by atoms with E-state index in [0.717, 1.165) is 16.7 Å². The van der Waals surface area contributed by atoms with Gasteiger partial charge >= 0.3 is 0 Å². The number of benzene rings is 1. The highest BCUT2D eigenvalue weighted by atomic mass is 35.5. The van der Waals surface area contributed by atoms with Crippen LogP contribution in [0.15, 0.2) is 30.8 Å². The maximum atomic E-state index is 6.21. The lowest BCUT2D eigenvalue weighted by molar-refractivity contribution is 0.765. The summed E-state index contributed by atoms with van der Waals surface area (Å²) in [5.74, 6) is 0. The second-order valence-electron chi connectivity index (χ2n) is 3.83. The van der Waals surface area contributed by atoms with Crippen LogP contribution in [-0.2, 0) is 4.87 Å². The Morgan fingerprint density at radius 1 is 1.38 bits per heavy atom. The highest BCUT2D eigenvalue weighted by Crippen LogP contribution is 2.29. The molecule has 0 radical (unpaired) electrons. The fourth-order valence-electron chi connectivity index (χ4n) is 1.15. The molecule has 0 aliphatic rings. The van der Waals surface area contributed by atoms with Crippen molar-refractivity contribution in [2.24, 2.45) is 0 Å². The number of allylic oxidation sites excluding steroid dienone is 1. The molecule has 0 aromatic heterocycles. The molecule has 0 saturated carbocycles. The average molecular weight is 195 g/mol. The van der Waals surface area contributed by atoms with Crippen LogP contribution in [0, 0.1) is 0 Å². The number of halogens is 1. The van der Waals surface area contributed by atoms with E-state index in [9.17, 15) is 0 Å². The van der Waals surface area contributed by atoms with Crippen LogP contribution in [0.25, 0.3) is 5.57 Å². The average Bonchev–Trinajstić information content (AvgIpc) is 2.03. The first-order valence-corrected chi connectivity index (χ1v) is 4.74. The quantitative estimate of drug-likeness (QED) is 0.620. The lowest BCUT2D eigenvalue weighted by Crippen LogP contribution is -2.07. The van der Waals surface area contributed by atoms with Gasteiger partial charge in [-0.3, -0.25) is 0 Å². The molecule has 0 bridgehead atoms. The second kappa shape index (κ2) is 3.55. The minimum absolute atomic E-state index is 0.300. The summed E-state index contributed by atoms with van der Waals surface area (Å²) in [6, 6.07) is 8.20. The molecule has 0 aliphatic carbocycles. The molecular formula is C12H15Cl. The SMILES string of the molecule is C=C(C)c1cccc(C(C)(C)Cl)c1. The Labute approximate surface area is 85.2 Å². The molecule has 0 amide bonds. The number of alkyl halides is 1. The van der Waals surface area contributed by atoms with Gasteiger partial charge in [0.1, 0.15) is 0 Å². The van der Waals surface area contributed by atoms with E-state index in [0.29, 0.717) is 0 Å². The molecule has 0 atom stereocenters. The number of hydrogen-bond donors (Lipinski definition) is 0. The normalized spacial score (nSPS) is 11.4. The van der Waals surface area contributed by atoms with Crippen LogP contribution in [0.3, 0.4) is 0 Å². The summed E-state index contributed by atoms with van der Waals surface area (Å²) in [4.78, 5) is -0.300. The lowest BCUT2D eigenvalue weighted by atomic mass is 9.98. The van der Waals surface area contributed by atoms with E-state index >= 15 is 0 Å². The van der Waals surface area contributed by atoms with Gasteiger partial charge in [0.15, 0.2) is 0 Å². The van der Waals surface area contributed by atoms with Crippen molar-refractivity contribution >= 4 is 17.2 Å². The van der Waals surface area contributed by atoms with Crippen LogP contribution >= 0.6 is 11.6 Å². The third kappa shape index (κ3) is 2.60. The Kier molecular flexibility index (Phi) is 2.82. The standard InChI is InChI=1S/C12H15Cl/c1-9(2)10-6-5-7-11(8-10)12(3,4)13/h5-8H,1H2,2-4H3. The molecule has 1 aromatic rings. The zero-order valence-corrected chi connectivity index (χ0v) is 9.15. The Morgan fingerprint density at radius 2 is 2.00 bits per heavy atom. The van der Waals surface area contributed by atoms with Gasteiger partial charge in [0.05, 0.1) is 4.87 Å². The van der Waals surface area contributed by atoms with Gasteiger partial charge in [-0.2, -0.15) is 0 Å². The maximum Gasteiger partial charge on any atom is 0.0639 e. The molecule has 0 unspecified atom stereocenters. The molecule has 0 nitrogen and oxygen atoms in total. The van der Waals surface area contributed by atoms with Gasteiger partial charge in [-0.25, -0.2) is 0 Å². The van der Waals surface area contributed by atoms with Crippen molar-refractivity contribution in [3.63, 3.8) is 0 Å². The van der Waals surface area contributed by atoms with E-state index < -0.39 is 0 Å². The largest absolute Gasteiger partial charge is 0.115 e. The van der Waals surface area contributed by atoms with Crippen molar-refractivity contribution in [3.8, 4) is 0 Å². The molecule has 0 saturated heterocycles. The summed E-state index contributed by atoms with van der Waals surface area (Å²) < 4.78 is 0. The monoisotopic (exact) mass is 194 g/mol. The minimum atomic E-state index is -0.300. The van der Waals surface area contributed by atoms with E-state index in [-0.39, 0.29) is 4.87 Å². The topological polar surface area (TPSA) is 0 Å². The minimum Gasteiger partial charge on any atom is -0.115 e. The van der Waals surface area contributed by atoms with E-state index in [1.54, 1.807) is 0 Å². The Bertz CT molecular complexity index is 318. The molecule has 0 aliphatic heterocycles. The second-order valence-corrected chi connectivity index (χ2v) is 4.78. The van der Waals surface area contributed by atoms with E-state index in [4.69, 9.17) is 11.6 Å². The van der Waals surface area contributed by atoms with Crippen LogP contribution in [0.2, 0.25) is 0 Å². The van der Waals surface area contributed by atoms with Gasteiger partial charge in [0.25, 0.3) is 0 Å². The van der Waals surface area contributed by atoms with Gasteiger partial charge in [0.2, 0.25) is 0 Å². The summed E-state index contributed by atoms with van der Waals surface area (Å²) in [7, 11) is 0. The fraction of sp³-hybridized carbons (Fsp3) is 0.333. The molecule has 1 heteroatoms. The molecule has 0 heterocycles. The van der Waals surface area contributed by atoms with Crippen LogP contribution in [0.1, 0.15) is 31.9 Å². The van der Waals surface area contributed by atoms with Gasteiger partial charge in [0, 0.05) is 0 Å². The highest BCUT2D eigenvalue weighted by Gasteiger charge is 2.16. The van der Waals surface area contributed by atoms with Crippen molar-refractivity contribution in [2.75, 3.05) is 0 Å². The first-order valence-electron chi connectivity index (χ1n) is 4.36. The summed E-state index contributed by atoms with van der Waals surface area (Å²) >= 11 is 6.21. The highest BCUT2D eigenvalue weighted by molar-refractivity contribution is 6.23. The van der Waals surface area contributed by atoms with E-state index in [1.807, 2.05) is 32.9 Å². The predicted molar refractivity (Wildman–Crippen MR) is 60.0 cm³/mol. The molecule has 13 heavy (non-hydrogen) atoms. The first kappa shape index (κ1) is 10.3. The molecular weight excluding hydrogens is 180 g/mol. The summed E-state index contributed by atoms with van der Waals surface area (Å²) in [5, 5.41) is 0. The van der Waals surface area contributed by atoms with Gasteiger partial charge in [-0.15, -0.1) is 11.6 Å². The molecule has 0 fully saturated rings.